The lowest BCUT2D eigenvalue weighted by Crippen LogP contribution is -2.29. The van der Waals surface area contributed by atoms with Crippen molar-refractivity contribution in [3.8, 4) is 0 Å². The van der Waals surface area contributed by atoms with Gasteiger partial charge in [-0.2, -0.15) is 0 Å². The molecule has 0 saturated carbocycles. The van der Waals surface area contributed by atoms with Crippen LogP contribution in [0.15, 0.2) is 24.3 Å². The van der Waals surface area contributed by atoms with Gasteiger partial charge < -0.3 is 5.32 Å². The van der Waals surface area contributed by atoms with Crippen molar-refractivity contribution in [3.63, 3.8) is 0 Å². The molecule has 1 N–H and O–H groups in total. The smallest absolute Gasteiger partial charge is 0.220 e. The topological polar surface area (TPSA) is 29.1 Å². The molecule has 100 valence electrons. The highest BCUT2D eigenvalue weighted by Crippen LogP contribution is 2.08. The Morgan fingerprint density at radius 2 is 2.22 bits per heavy atom. The molecule has 0 bridgehead atoms. The Kier molecular flexibility index (Phi) is 7.02. The maximum Gasteiger partial charge on any atom is 0.220 e. The Balaban J connectivity index is 2.25. The molecular weight excluding hydrogens is 290 g/mol. The SMILES string of the molecule is CCCC(Br)CNC(=O)CCc1cccc(C)c1. The van der Waals surface area contributed by atoms with Crippen LogP contribution in [0.5, 0.6) is 0 Å². The zero-order valence-corrected chi connectivity index (χ0v) is 12.8. The van der Waals surface area contributed by atoms with E-state index in [1.54, 1.807) is 0 Å². The van der Waals surface area contributed by atoms with Crippen molar-refractivity contribution in [2.45, 2.75) is 44.4 Å². The first-order valence-electron chi connectivity index (χ1n) is 6.58. The monoisotopic (exact) mass is 311 g/mol. The summed E-state index contributed by atoms with van der Waals surface area (Å²) in [6.45, 7) is 4.94. The molecule has 0 heterocycles. The molecule has 1 aromatic carbocycles. The lowest BCUT2D eigenvalue weighted by molar-refractivity contribution is -0.121. The third-order valence-electron chi connectivity index (χ3n) is 2.85. The van der Waals surface area contributed by atoms with Crippen LogP contribution in [-0.2, 0) is 11.2 Å². The number of alkyl halides is 1. The molecule has 1 atom stereocenters. The molecule has 18 heavy (non-hydrogen) atoms. The van der Waals surface area contributed by atoms with Crippen LogP contribution >= 0.6 is 15.9 Å². The highest BCUT2D eigenvalue weighted by Gasteiger charge is 2.06. The fourth-order valence-electron chi connectivity index (χ4n) is 1.85. The van der Waals surface area contributed by atoms with Crippen molar-refractivity contribution in [2.75, 3.05) is 6.54 Å². The van der Waals surface area contributed by atoms with Gasteiger partial charge >= 0.3 is 0 Å². The largest absolute Gasteiger partial charge is 0.355 e. The second-order valence-electron chi connectivity index (χ2n) is 4.68. The lowest BCUT2D eigenvalue weighted by atomic mass is 10.1. The molecule has 1 rings (SSSR count). The zero-order chi connectivity index (χ0) is 13.4. The minimum absolute atomic E-state index is 0.136. The van der Waals surface area contributed by atoms with Crippen molar-refractivity contribution >= 4 is 21.8 Å². The average Bonchev–Trinajstić information content (AvgIpc) is 2.34. The molecule has 0 radical (unpaired) electrons. The summed E-state index contributed by atoms with van der Waals surface area (Å²) >= 11 is 3.56. The molecule has 1 aromatic rings. The minimum atomic E-state index is 0.136. The number of halogens is 1. The zero-order valence-electron chi connectivity index (χ0n) is 11.2. The molecule has 0 aliphatic carbocycles. The molecule has 3 heteroatoms. The Morgan fingerprint density at radius 3 is 2.89 bits per heavy atom. The molecule has 0 aliphatic rings. The van der Waals surface area contributed by atoms with Crippen molar-refractivity contribution in [2.24, 2.45) is 0 Å². The van der Waals surface area contributed by atoms with E-state index in [0.29, 0.717) is 11.2 Å². The van der Waals surface area contributed by atoms with E-state index in [1.807, 2.05) is 6.07 Å². The highest BCUT2D eigenvalue weighted by molar-refractivity contribution is 9.09. The third kappa shape index (κ3) is 6.20. The first kappa shape index (κ1) is 15.2. The van der Waals surface area contributed by atoms with Crippen LogP contribution in [0.3, 0.4) is 0 Å². The van der Waals surface area contributed by atoms with Crippen molar-refractivity contribution in [1.82, 2.24) is 5.32 Å². The minimum Gasteiger partial charge on any atom is -0.355 e. The normalized spacial score (nSPS) is 12.2. The van der Waals surface area contributed by atoms with Crippen LogP contribution < -0.4 is 5.32 Å². The summed E-state index contributed by atoms with van der Waals surface area (Å²) in [6, 6.07) is 8.32. The van der Waals surface area contributed by atoms with E-state index >= 15 is 0 Å². The summed E-state index contributed by atoms with van der Waals surface area (Å²) in [7, 11) is 0. The van der Waals surface area contributed by atoms with Crippen LogP contribution in [0.25, 0.3) is 0 Å². The van der Waals surface area contributed by atoms with Gasteiger partial charge in [0.1, 0.15) is 0 Å². The van der Waals surface area contributed by atoms with Gasteiger partial charge in [-0.25, -0.2) is 0 Å². The first-order chi connectivity index (χ1) is 8.61. The quantitative estimate of drug-likeness (QED) is 0.766. The molecule has 1 unspecified atom stereocenters. The molecule has 1 amide bonds. The highest BCUT2D eigenvalue weighted by atomic mass is 79.9. The Hall–Kier alpha value is -0.830. The Labute approximate surface area is 118 Å². The first-order valence-corrected chi connectivity index (χ1v) is 7.49. The van der Waals surface area contributed by atoms with E-state index < -0.39 is 0 Å². The van der Waals surface area contributed by atoms with Crippen molar-refractivity contribution < 1.29 is 4.79 Å². The molecule has 0 fully saturated rings. The molecular formula is C15H22BrNO. The second-order valence-corrected chi connectivity index (χ2v) is 5.97. The maximum absolute atomic E-state index is 11.7. The number of benzene rings is 1. The molecule has 0 spiro atoms. The van der Waals surface area contributed by atoms with Gasteiger partial charge in [0, 0.05) is 17.8 Å². The lowest BCUT2D eigenvalue weighted by Gasteiger charge is -2.10. The van der Waals surface area contributed by atoms with Gasteiger partial charge in [0.15, 0.2) is 0 Å². The third-order valence-corrected chi connectivity index (χ3v) is 3.63. The fraction of sp³-hybridized carbons (Fsp3) is 0.533. The summed E-state index contributed by atoms with van der Waals surface area (Å²) < 4.78 is 0. The van der Waals surface area contributed by atoms with Crippen LogP contribution in [0.4, 0.5) is 0 Å². The van der Waals surface area contributed by atoms with Gasteiger partial charge in [-0.3, -0.25) is 4.79 Å². The van der Waals surface area contributed by atoms with E-state index in [-0.39, 0.29) is 5.91 Å². The Bertz CT molecular complexity index is 379. The van der Waals surface area contributed by atoms with Gasteiger partial charge in [0.25, 0.3) is 0 Å². The van der Waals surface area contributed by atoms with Crippen LogP contribution in [-0.4, -0.2) is 17.3 Å². The van der Waals surface area contributed by atoms with Gasteiger partial charge in [-0.15, -0.1) is 0 Å². The van der Waals surface area contributed by atoms with E-state index in [9.17, 15) is 4.79 Å². The van der Waals surface area contributed by atoms with Crippen molar-refractivity contribution in [1.29, 1.82) is 0 Å². The molecule has 2 nitrogen and oxygen atoms in total. The van der Waals surface area contributed by atoms with Gasteiger partial charge in [-0.05, 0) is 25.3 Å². The van der Waals surface area contributed by atoms with E-state index in [2.05, 4.69) is 53.3 Å². The Morgan fingerprint density at radius 1 is 1.44 bits per heavy atom. The maximum atomic E-state index is 11.7. The van der Waals surface area contributed by atoms with Crippen molar-refractivity contribution in [3.05, 3.63) is 35.4 Å². The fourth-order valence-corrected chi connectivity index (χ4v) is 2.47. The van der Waals surface area contributed by atoms with Gasteiger partial charge in [0.05, 0.1) is 0 Å². The molecule has 0 aliphatic heterocycles. The van der Waals surface area contributed by atoms with Crippen LogP contribution in [0.2, 0.25) is 0 Å². The number of carbonyl (C=O) groups excluding carboxylic acids is 1. The number of nitrogens with one attached hydrogen (secondary N) is 1. The van der Waals surface area contributed by atoms with Crippen LogP contribution in [0, 0.1) is 6.92 Å². The summed E-state index contributed by atoms with van der Waals surface area (Å²) in [5.41, 5.74) is 2.48. The number of hydrogen-bond donors (Lipinski definition) is 1. The number of aryl methyl sites for hydroxylation is 2. The van der Waals surface area contributed by atoms with Crippen LogP contribution in [0.1, 0.15) is 37.3 Å². The van der Waals surface area contributed by atoms with E-state index in [1.165, 1.54) is 11.1 Å². The average molecular weight is 312 g/mol. The summed E-state index contributed by atoms with van der Waals surface area (Å²) in [4.78, 5) is 12.1. The number of carbonyl (C=O) groups is 1. The predicted octanol–water partition coefficient (Wildman–Crippen LogP) is 3.61. The number of amides is 1. The summed E-state index contributed by atoms with van der Waals surface area (Å²) in [5.74, 6) is 0.136. The standard InChI is InChI=1S/C15H22BrNO/c1-3-5-14(16)11-17-15(18)9-8-13-7-4-6-12(2)10-13/h4,6-7,10,14H,3,5,8-9,11H2,1-2H3,(H,17,18). The summed E-state index contributed by atoms with van der Waals surface area (Å²) in [6.07, 6.45) is 3.61. The predicted molar refractivity (Wildman–Crippen MR) is 80.1 cm³/mol. The summed E-state index contributed by atoms with van der Waals surface area (Å²) in [5, 5.41) is 2.97. The second kappa shape index (κ2) is 8.30. The van der Waals surface area contributed by atoms with Gasteiger partial charge in [0.2, 0.25) is 5.91 Å². The molecule has 0 saturated heterocycles. The number of rotatable bonds is 7. The van der Waals surface area contributed by atoms with Gasteiger partial charge in [-0.1, -0.05) is 59.1 Å². The van der Waals surface area contributed by atoms with E-state index in [0.717, 1.165) is 25.8 Å². The van der Waals surface area contributed by atoms with E-state index in [4.69, 9.17) is 0 Å². The molecule has 0 aromatic heterocycles. The number of hydrogen-bond acceptors (Lipinski definition) is 1.